The lowest BCUT2D eigenvalue weighted by atomic mass is 10.1. The second-order valence-corrected chi connectivity index (χ2v) is 3.98. The van der Waals surface area contributed by atoms with Gasteiger partial charge in [-0.3, -0.25) is 10.1 Å². The van der Waals surface area contributed by atoms with E-state index in [0.29, 0.717) is 12.4 Å². The van der Waals surface area contributed by atoms with E-state index in [9.17, 15) is 4.79 Å². The molecule has 1 amide bonds. The molecule has 0 fully saturated rings. The number of nitrogens with zero attached hydrogens (tertiary/aromatic N) is 2. The third-order valence-electron chi connectivity index (χ3n) is 2.74. The van der Waals surface area contributed by atoms with Gasteiger partial charge in [0, 0.05) is 18.8 Å². The van der Waals surface area contributed by atoms with Gasteiger partial charge in [0.05, 0.1) is 0 Å². The van der Waals surface area contributed by atoms with Crippen LogP contribution in [0.5, 0.6) is 5.75 Å². The molecule has 0 radical (unpaired) electrons. The Bertz CT molecular complexity index is 546. The molecule has 0 spiro atoms. The first kappa shape index (κ1) is 10.7. The number of nitrogens with one attached hydrogen (secondary N) is 1. The quantitative estimate of drug-likeness (QED) is 0.863. The molecule has 1 aromatic carbocycles. The van der Waals surface area contributed by atoms with Crippen LogP contribution in [-0.2, 0) is 11.2 Å². The molecule has 1 N–H and O–H groups in total. The number of aromatic nitrogens is 2. The van der Waals surface area contributed by atoms with Crippen molar-refractivity contribution in [3.63, 3.8) is 0 Å². The minimum absolute atomic E-state index is 0.225. The van der Waals surface area contributed by atoms with Crippen molar-refractivity contribution in [3.8, 4) is 5.75 Å². The van der Waals surface area contributed by atoms with Crippen LogP contribution < -0.4 is 10.1 Å². The van der Waals surface area contributed by atoms with Crippen LogP contribution in [0.15, 0.2) is 42.7 Å². The number of benzene rings is 1. The Morgan fingerprint density at radius 2 is 2.00 bits per heavy atom. The summed E-state index contributed by atoms with van der Waals surface area (Å²) in [7, 11) is 0. The van der Waals surface area contributed by atoms with E-state index >= 15 is 0 Å². The summed E-state index contributed by atoms with van der Waals surface area (Å²) in [6.45, 7) is 0. The average Bonchev–Trinajstić information content (AvgIpc) is 2.84. The van der Waals surface area contributed by atoms with Gasteiger partial charge < -0.3 is 4.74 Å². The first-order valence-electron chi connectivity index (χ1n) is 5.65. The molecule has 90 valence electrons. The van der Waals surface area contributed by atoms with Crippen molar-refractivity contribution >= 4 is 11.9 Å². The minimum Gasteiger partial charge on any atom is -0.480 e. The second-order valence-electron chi connectivity index (χ2n) is 3.98. The highest BCUT2D eigenvalue weighted by atomic mass is 16.5. The van der Waals surface area contributed by atoms with Crippen LogP contribution in [0.3, 0.4) is 0 Å². The van der Waals surface area contributed by atoms with Crippen molar-refractivity contribution in [3.05, 3.63) is 48.3 Å². The molecule has 0 saturated heterocycles. The van der Waals surface area contributed by atoms with Crippen LogP contribution >= 0.6 is 0 Å². The van der Waals surface area contributed by atoms with Gasteiger partial charge in [0.15, 0.2) is 6.10 Å². The lowest BCUT2D eigenvalue weighted by Gasteiger charge is -2.09. The zero-order valence-electron chi connectivity index (χ0n) is 9.54. The Hall–Kier alpha value is -2.43. The van der Waals surface area contributed by atoms with Gasteiger partial charge in [0.2, 0.25) is 5.95 Å². The van der Waals surface area contributed by atoms with Crippen LogP contribution in [-0.4, -0.2) is 22.0 Å². The zero-order valence-corrected chi connectivity index (χ0v) is 9.54. The normalized spacial score (nSPS) is 16.8. The lowest BCUT2D eigenvalue weighted by molar-refractivity contribution is -0.122. The van der Waals surface area contributed by atoms with Crippen molar-refractivity contribution in [2.45, 2.75) is 12.5 Å². The average molecular weight is 241 g/mol. The van der Waals surface area contributed by atoms with Crippen molar-refractivity contribution in [1.82, 2.24) is 9.97 Å². The fourth-order valence-electron chi connectivity index (χ4n) is 1.88. The summed E-state index contributed by atoms with van der Waals surface area (Å²) in [4.78, 5) is 19.8. The molecule has 1 aromatic heterocycles. The van der Waals surface area contributed by atoms with E-state index < -0.39 is 6.10 Å². The number of carbonyl (C=O) groups is 1. The molecule has 2 aromatic rings. The van der Waals surface area contributed by atoms with Gasteiger partial charge in [0.25, 0.3) is 5.91 Å². The van der Waals surface area contributed by atoms with Crippen molar-refractivity contribution in [2.75, 3.05) is 5.32 Å². The van der Waals surface area contributed by atoms with Crippen molar-refractivity contribution in [2.24, 2.45) is 0 Å². The van der Waals surface area contributed by atoms with Crippen molar-refractivity contribution < 1.29 is 9.53 Å². The number of fused-ring (bicyclic) bond motifs is 1. The molecule has 3 rings (SSSR count). The van der Waals surface area contributed by atoms with Crippen LogP contribution in [0.1, 0.15) is 5.56 Å². The largest absolute Gasteiger partial charge is 0.480 e. The Kier molecular flexibility index (Phi) is 2.64. The number of amides is 1. The van der Waals surface area contributed by atoms with Crippen LogP contribution in [0.2, 0.25) is 0 Å². The molecule has 0 bridgehead atoms. The number of para-hydroxylation sites is 1. The molecule has 5 nitrogen and oxygen atoms in total. The summed E-state index contributed by atoms with van der Waals surface area (Å²) in [5.41, 5.74) is 1.05. The maximum absolute atomic E-state index is 12.0. The molecule has 1 unspecified atom stereocenters. The lowest BCUT2D eigenvalue weighted by Crippen LogP contribution is -2.32. The Balaban J connectivity index is 1.70. The highest BCUT2D eigenvalue weighted by Gasteiger charge is 2.29. The van der Waals surface area contributed by atoms with E-state index in [1.54, 1.807) is 18.5 Å². The first-order chi connectivity index (χ1) is 8.83. The van der Waals surface area contributed by atoms with Gasteiger partial charge in [-0.25, -0.2) is 9.97 Å². The fourth-order valence-corrected chi connectivity index (χ4v) is 1.88. The molecular weight excluding hydrogens is 230 g/mol. The number of carbonyl (C=O) groups excluding carboxylic acids is 1. The van der Waals surface area contributed by atoms with E-state index in [1.807, 2.05) is 24.3 Å². The van der Waals surface area contributed by atoms with E-state index in [2.05, 4.69) is 15.3 Å². The van der Waals surface area contributed by atoms with Gasteiger partial charge in [-0.05, 0) is 17.7 Å². The summed E-state index contributed by atoms with van der Waals surface area (Å²) in [6.07, 6.45) is 3.22. The Morgan fingerprint density at radius 3 is 2.78 bits per heavy atom. The summed E-state index contributed by atoms with van der Waals surface area (Å²) in [5, 5.41) is 2.63. The molecule has 1 aliphatic rings. The smallest absolute Gasteiger partial charge is 0.268 e. The molecule has 5 heteroatoms. The number of rotatable bonds is 2. The number of ether oxygens (including phenoxy) is 1. The molecule has 0 saturated carbocycles. The third-order valence-corrected chi connectivity index (χ3v) is 2.74. The Labute approximate surface area is 104 Å². The van der Waals surface area contributed by atoms with E-state index in [4.69, 9.17) is 4.74 Å². The van der Waals surface area contributed by atoms with Gasteiger partial charge in [-0.1, -0.05) is 18.2 Å². The molecule has 1 atom stereocenters. The standard InChI is InChI=1S/C13H11N3O2/c17-12(16-13-14-6-3-7-15-13)11-8-9-4-1-2-5-10(9)18-11/h1-7,11H,8H2,(H,14,15,16,17). The topological polar surface area (TPSA) is 64.1 Å². The SMILES string of the molecule is O=C(Nc1ncccn1)C1Cc2ccccc2O1. The van der Waals surface area contributed by atoms with Gasteiger partial charge >= 0.3 is 0 Å². The van der Waals surface area contributed by atoms with E-state index in [1.165, 1.54) is 0 Å². The van der Waals surface area contributed by atoms with Gasteiger partial charge in [-0.2, -0.15) is 0 Å². The fraction of sp³-hybridized carbons (Fsp3) is 0.154. The summed E-state index contributed by atoms with van der Waals surface area (Å²) in [6, 6.07) is 9.34. The van der Waals surface area contributed by atoms with Crippen molar-refractivity contribution in [1.29, 1.82) is 0 Å². The maximum Gasteiger partial charge on any atom is 0.268 e. The summed E-state index contributed by atoms with van der Waals surface area (Å²) < 4.78 is 5.57. The number of anilines is 1. The van der Waals surface area contributed by atoms with Gasteiger partial charge in [-0.15, -0.1) is 0 Å². The monoisotopic (exact) mass is 241 g/mol. The van der Waals surface area contributed by atoms with Crippen LogP contribution in [0.4, 0.5) is 5.95 Å². The zero-order chi connectivity index (χ0) is 12.4. The highest BCUT2D eigenvalue weighted by Crippen LogP contribution is 2.28. The van der Waals surface area contributed by atoms with E-state index in [-0.39, 0.29) is 5.91 Å². The molecule has 0 aliphatic carbocycles. The predicted octanol–water partition coefficient (Wildman–Crippen LogP) is 1.42. The Morgan fingerprint density at radius 1 is 1.22 bits per heavy atom. The highest BCUT2D eigenvalue weighted by molar-refractivity contribution is 5.93. The molecule has 18 heavy (non-hydrogen) atoms. The molecule has 2 heterocycles. The van der Waals surface area contributed by atoms with E-state index in [0.717, 1.165) is 11.3 Å². The maximum atomic E-state index is 12.0. The second kappa shape index (κ2) is 4.44. The summed E-state index contributed by atoms with van der Waals surface area (Å²) in [5.74, 6) is 0.839. The predicted molar refractivity (Wildman–Crippen MR) is 65.2 cm³/mol. The third kappa shape index (κ3) is 2.02. The number of hydrogen-bond acceptors (Lipinski definition) is 4. The number of hydrogen-bond donors (Lipinski definition) is 1. The first-order valence-corrected chi connectivity index (χ1v) is 5.65. The molecular formula is C13H11N3O2. The summed E-state index contributed by atoms with van der Waals surface area (Å²) >= 11 is 0. The van der Waals surface area contributed by atoms with Crippen LogP contribution in [0, 0.1) is 0 Å². The van der Waals surface area contributed by atoms with Crippen LogP contribution in [0.25, 0.3) is 0 Å². The minimum atomic E-state index is -0.508. The molecule has 1 aliphatic heterocycles. The van der Waals surface area contributed by atoms with Gasteiger partial charge in [0.1, 0.15) is 5.75 Å².